The van der Waals surface area contributed by atoms with Crippen LogP contribution in [0, 0.1) is 5.41 Å². The molecule has 0 radical (unpaired) electrons. The number of nitrogens with one attached hydrogen (secondary N) is 1. The minimum absolute atomic E-state index is 0.0213. The summed E-state index contributed by atoms with van der Waals surface area (Å²) in [4.78, 5) is 11.5. The van der Waals surface area contributed by atoms with Crippen LogP contribution in [0.25, 0.3) is 21.9 Å². The Bertz CT molecular complexity index is 897. The van der Waals surface area contributed by atoms with E-state index in [2.05, 4.69) is 0 Å². The van der Waals surface area contributed by atoms with E-state index in [0.29, 0.717) is 22.7 Å². The van der Waals surface area contributed by atoms with Crippen LogP contribution in [-0.4, -0.2) is 12.3 Å². The third-order valence-electron chi connectivity index (χ3n) is 3.14. The van der Waals surface area contributed by atoms with Gasteiger partial charge in [-0.1, -0.05) is 11.8 Å². The van der Waals surface area contributed by atoms with Crippen LogP contribution >= 0.6 is 11.8 Å². The molecule has 108 valence electrons. The summed E-state index contributed by atoms with van der Waals surface area (Å²) in [5, 5.41) is 8.97. The third kappa shape index (κ3) is 2.25. The zero-order valence-corrected chi connectivity index (χ0v) is 12.0. The summed E-state index contributed by atoms with van der Waals surface area (Å²) in [5.41, 5.74) is 6.69. The van der Waals surface area contributed by atoms with Crippen molar-refractivity contribution in [3.8, 4) is 5.75 Å². The topological polar surface area (TPSA) is 102 Å². The van der Waals surface area contributed by atoms with Crippen LogP contribution in [-0.2, 0) is 5.75 Å². The number of thioether (sulfide) groups is 1. The monoisotopic (exact) mass is 304 g/mol. The van der Waals surface area contributed by atoms with Crippen molar-refractivity contribution in [2.45, 2.75) is 5.75 Å². The Morgan fingerprint density at radius 2 is 2.10 bits per heavy atom. The Labute approximate surface area is 123 Å². The van der Waals surface area contributed by atoms with E-state index in [1.165, 1.54) is 24.9 Å². The number of rotatable bonds is 3. The van der Waals surface area contributed by atoms with Crippen molar-refractivity contribution in [1.29, 1.82) is 5.41 Å². The van der Waals surface area contributed by atoms with E-state index < -0.39 is 5.63 Å². The summed E-state index contributed by atoms with van der Waals surface area (Å²) in [5.74, 6) is 0.860. The molecule has 2 aromatic heterocycles. The zero-order chi connectivity index (χ0) is 15.0. The number of hydrogen-bond donors (Lipinski definition) is 2. The maximum Gasteiger partial charge on any atom is 0.336 e. The Morgan fingerprint density at radius 3 is 2.81 bits per heavy atom. The Morgan fingerprint density at radius 1 is 1.33 bits per heavy atom. The average Bonchev–Trinajstić information content (AvgIpc) is 2.92. The quantitative estimate of drug-likeness (QED) is 0.438. The molecule has 0 amide bonds. The molecular formula is C14H12N2O4S. The number of furan rings is 1. The van der Waals surface area contributed by atoms with Gasteiger partial charge in [-0.15, -0.1) is 0 Å². The van der Waals surface area contributed by atoms with Gasteiger partial charge in [0, 0.05) is 22.6 Å². The molecule has 7 heteroatoms. The van der Waals surface area contributed by atoms with Gasteiger partial charge in [-0.2, -0.15) is 0 Å². The maximum atomic E-state index is 11.5. The Hall–Kier alpha value is -2.41. The predicted molar refractivity (Wildman–Crippen MR) is 82.0 cm³/mol. The molecule has 0 bridgehead atoms. The lowest BCUT2D eigenvalue weighted by Crippen LogP contribution is -2.04. The van der Waals surface area contributed by atoms with Crippen molar-refractivity contribution < 1.29 is 13.6 Å². The van der Waals surface area contributed by atoms with Gasteiger partial charge < -0.3 is 19.3 Å². The SMILES string of the molecule is COc1c2occc2c(CSC(=N)N)c2ccc(=O)oc12. The van der Waals surface area contributed by atoms with Crippen LogP contribution in [0.4, 0.5) is 0 Å². The van der Waals surface area contributed by atoms with Crippen molar-refractivity contribution in [2.75, 3.05) is 7.11 Å². The first kappa shape index (κ1) is 13.6. The predicted octanol–water partition coefficient (Wildman–Crippen LogP) is 2.67. The molecule has 0 aliphatic heterocycles. The number of nitrogens with two attached hydrogens (primary N) is 1. The molecule has 0 unspecified atom stereocenters. The van der Waals surface area contributed by atoms with E-state index in [1.54, 1.807) is 12.3 Å². The van der Waals surface area contributed by atoms with Gasteiger partial charge in [-0.25, -0.2) is 4.79 Å². The lowest BCUT2D eigenvalue weighted by Gasteiger charge is -2.10. The smallest absolute Gasteiger partial charge is 0.336 e. The highest BCUT2D eigenvalue weighted by Gasteiger charge is 2.19. The van der Waals surface area contributed by atoms with Gasteiger partial charge in [0.05, 0.1) is 13.4 Å². The zero-order valence-electron chi connectivity index (χ0n) is 11.1. The standard InChI is InChI=1S/C14H12N2O4S/c1-18-13-11-8(4-5-19-11)9(6-21-14(15)16)7-2-3-10(17)20-12(7)13/h2-5H,6H2,1H3,(H3,15,16). The molecule has 0 atom stereocenters. The number of benzene rings is 1. The second-order valence-electron chi connectivity index (χ2n) is 4.33. The van der Waals surface area contributed by atoms with Crippen LogP contribution in [0.2, 0.25) is 0 Å². The molecule has 0 fully saturated rings. The fourth-order valence-electron chi connectivity index (χ4n) is 2.28. The largest absolute Gasteiger partial charge is 0.490 e. The van der Waals surface area contributed by atoms with Gasteiger partial charge in [0.2, 0.25) is 5.75 Å². The molecule has 2 heterocycles. The van der Waals surface area contributed by atoms with Crippen molar-refractivity contribution in [2.24, 2.45) is 5.73 Å². The summed E-state index contributed by atoms with van der Waals surface area (Å²) < 4.78 is 16.1. The van der Waals surface area contributed by atoms with Gasteiger partial charge in [0.1, 0.15) is 0 Å². The van der Waals surface area contributed by atoms with Crippen molar-refractivity contribution in [3.05, 3.63) is 40.4 Å². The molecule has 0 saturated heterocycles. The van der Waals surface area contributed by atoms with Crippen LogP contribution in [0.15, 0.2) is 38.1 Å². The van der Waals surface area contributed by atoms with E-state index in [1.807, 2.05) is 6.07 Å². The molecule has 3 rings (SSSR count). The average molecular weight is 304 g/mol. The van der Waals surface area contributed by atoms with Gasteiger partial charge >= 0.3 is 5.63 Å². The van der Waals surface area contributed by atoms with Gasteiger partial charge in [-0.05, 0) is 17.7 Å². The summed E-state index contributed by atoms with van der Waals surface area (Å²) in [7, 11) is 1.49. The molecule has 3 N–H and O–H groups in total. The molecule has 0 saturated carbocycles. The highest BCUT2D eigenvalue weighted by molar-refractivity contribution is 8.13. The molecule has 21 heavy (non-hydrogen) atoms. The van der Waals surface area contributed by atoms with E-state index >= 15 is 0 Å². The molecule has 1 aromatic carbocycles. The molecule has 0 spiro atoms. The van der Waals surface area contributed by atoms with E-state index in [9.17, 15) is 4.79 Å². The second-order valence-corrected chi connectivity index (χ2v) is 5.34. The van der Waals surface area contributed by atoms with Crippen LogP contribution in [0.1, 0.15) is 5.56 Å². The highest BCUT2D eigenvalue weighted by Crippen LogP contribution is 2.39. The molecule has 6 nitrogen and oxygen atoms in total. The highest BCUT2D eigenvalue weighted by atomic mass is 32.2. The van der Waals surface area contributed by atoms with Gasteiger partial charge in [-0.3, -0.25) is 5.41 Å². The van der Waals surface area contributed by atoms with Crippen molar-refractivity contribution in [1.82, 2.24) is 0 Å². The number of ether oxygens (including phenoxy) is 1. The normalized spacial score (nSPS) is 11.1. The first-order valence-corrected chi connectivity index (χ1v) is 7.07. The minimum Gasteiger partial charge on any atom is -0.490 e. The summed E-state index contributed by atoms with van der Waals surface area (Å²) in [6, 6.07) is 4.86. The molecule has 0 aliphatic rings. The summed E-state index contributed by atoms with van der Waals surface area (Å²) in [6.45, 7) is 0. The molecule has 0 aliphatic carbocycles. The van der Waals surface area contributed by atoms with Crippen molar-refractivity contribution >= 4 is 38.9 Å². The van der Waals surface area contributed by atoms with Crippen LogP contribution in [0.5, 0.6) is 5.75 Å². The summed E-state index contributed by atoms with van der Waals surface area (Å²) >= 11 is 1.19. The van der Waals surface area contributed by atoms with E-state index in [0.717, 1.165) is 16.3 Å². The van der Waals surface area contributed by atoms with Crippen LogP contribution in [0.3, 0.4) is 0 Å². The Kier molecular flexibility index (Phi) is 3.34. The van der Waals surface area contributed by atoms with Crippen LogP contribution < -0.4 is 16.1 Å². The first-order valence-electron chi connectivity index (χ1n) is 6.08. The Balaban J connectivity index is 2.39. The number of methoxy groups -OCH3 is 1. The fraction of sp³-hybridized carbons (Fsp3) is 0.143. The van der Waals surface area contributed by atoms with Gasteiger partial charge in [0.15, 0.2) is 16.3 Å². The number of amidine groups is 1. The van der Waals surface area contributed by atoms with Gasteiger partial charge in [0.25, 0.3) is 0 Å². The van der Waals surface area contributed by atoms with Crippen molar-refractivity contribution in [3.63, 3.8) is 0 Å². The molecule has 3 aromatic rings. The lowest BCUT2D eigenvalue weighted by atomic mass is 10.1. The number of hydrogen-bond acceptors (Lipinski definition) is 6. The second kappa shape index (κ2) is 5.17. The summed E-state index contributed by atoms with van der Waals surface area (Å²) in [6.07, 6.45) is 1.55. The maximum absolute atomic E-state index is 11.5. The van der Waals surface area contributed by atoms with E-state index in [-0.39, 0.29) is 5.17 Å². The number of fused-ring (bicyclic) bond motifs is 2. The fourth-order valence-corrected chi connectivity index (χ4v) is 2.90. The molecular weight excluding hydrogens is 292 g/mol. The third-order valence-corrected chi connectivity index (χ3v) is 3.88. The first-order chi connectivity index (χ1) is 10.1. The minimum atomic E-state index is -0.461. The van der Waals surface area contributed by atoms with E-state index in [4.69, 9.17) is 24.7 Å². The lowest BCUT2D eigenvalue weighted by molar-refractivity contribution is 0.402.